The lowest BCUT2D eigenvalue weighted by molar-refractivity contribution is -0.192. The number of nitrogens with one attached hydrogen (secondary N) is 1. The molecule has 1 aromatic rings. The Balaban J connectivity index is 0.000000509. The molecular formula is C21H30F3N3O6S. The van der Waals surface area contributed by atoms with E-state index in [9.17, 15) is 26.4 Å². The van der Waals surface area contributed by atoms with E-state index >= 15 is 0 Å². The van der Waals surface area contributed by atoms with Crippen molar-refractivity contribution in [3.8, 4) is 0 Å². The first-order valence-corrected chi connectivity index (χ1v) is 12.5. The molecule has 0 aliphatic carbocycles. The zero-order valence-electron chi connectivity index (χ0n) is 18.9. The van der Waals surface area contributed by atoms with Gasteiger partial charge in [0.05, 0.1) is 11.9 Å². The summed E-state index contributed by atoms with van der Waals surface area (Å²) in [6.07, 6.45) is -3.21. The van der Waals surface area contributed by atoms with Crippen molar-refractivity contribution in [3.05, 3.63) is 35.4 Å². The van der Waals surface area contributed by atoms with E-state index in [-0.39, 0.29) is 24.3 Å². The number of aryl methyl sites for hydroxylation is 1. The van der Waals surface area contributed by atoms with E-state index < -0.39 is 22.2 Å². The van der Waals surface area contributed by atoms with Crippen molar-refractivity contribution in [2.45, 2.75) is 32.0 Å². The molecule has 1 amide bonds. The lowest BCUT2D eigenvalue weighted by Gasteiger charge is -2.29. The average molecular weight is 510 g/mol. The van der Waals surface area contributed by atoms with Gasteiger partial charge in [-0.1, -0.05) is 18.2 Å². The van der Waals surface area contributed by atoms with Crippen LogP contribution in [-0.4, -0.2) is 98.5 Å². The monoisotopic (exact) mass is 509 g/mol. The van der Waals surface area contributed by atoms with Crippen LogP contribution in [0.25, 0.3) is 0 Å². The van der Waals surface area contributed by atoms with Crippen molar-refractivity contribution in [1.29, 1.82) is 0 Å². The Labute approximate surface area is 196 Å². The second-order valence-corrected chi connectivity index (χ2v) is 10.1. The highest BCUT2D eigenvalue weighted by molar-refractivity contribution is 7.89. The van der Waals surface area contributed by atoms with Gasteiger partial charge in [0.1, 0.15) is 0 Å². The van der Waals surface area contributed by atoms with Gasteiger partial charge in [0.2, 0.25) is 10.0 Å². The SMILES string of the molecule is Cc1ccccc1C(=O)N(CCS(=O)(=O)N1CCNCC1)CC1CCCO1.O=C(O)C(F)(F)F. The van der Waals surface area contributed by atoms with Crippen LogP contribution in [0.4, 0.5) is 13.2 Å². The number of alkyl halides is 3. The van der Waals surface area contributed by atoms with E-state index in [4.69, 9.17) is 14.6 Å². The topological polar surface area (TPSA) is 116 Å². The van der Waals surface area contributed by atoms with Crippen molar-refractivity contribution in [3.63, 3.8) is 0 Å². The van der Waals surface area contributed by atoms with Gasteiger partial charge in [-0.3, -0.25) is 4.79 Å². The Hall–Kier alpha value is -2.22. The van der Waals surface area contributed by atoms with Crippen molar-refractivity contribution >= 4 is 21.9 Å². The number of sulfonamides is 1. The summed E-state index contributed by atoms with van der Waals surface area (Å²) in [7, 11) is -3.38. The Morgan fingerprint density at radius 3 is 2.38 bits per heavy atom. The minimum Gasteiger partial charge on any atom is -0.475 e. The van der Waals surface area contributed by atoms with E-state index in [2.05, 4.69) is 5.32 Å². The van der Waals surface area contributed by atoms with Gasteiger partial charge < -0.3 is 20.1 Å². The number of hydrogen-bond donors (Lipinski definition) is 2. The number of carboxylic acids is 1. The number of halogens is 3. The van der Waals surface area contributed by atoms with Crippen LogP contribution in [0.5, 0.6) is 0 Å². The molecule has 0 saturated carbocycles. The maximum atomic E-state index is 13.1. The fraction of sp³-hybridized carbons (Fsp3) is 0.619. The van der Waals surface area contributed by atoms with Gasteiger partial charge in [-0.25, -0.2) is 13.2 Å². The van der Waals surface area contributed by atoms with Gasteiger partial charge in [0, 0.05) is 51.4 Å². The summed E-state index contributed by atoms with van der Waals surface area (Å²) in [6, 6.07) is 7.42. The summed E-state index contributed by atoms with van der Waals surface area (Å²) >= 11 is 0. The van der Waals surface area contributed by atoms with Crippen LogP contribution in [-0.2, 0) is 19.6 Å². The van der Waals surface area contributed by atoms with E-state index in [1.807, 2.05) is 25.1 Å². The minimum absolute atomic E-state index is 0.0140. The number of aliphatic carboxylic acids is 1. The number of amides is 1. The van der Waals surface area contributed by atoms with Crippen molar-refractivity contribution in [2.24, 2.45) is 0 Å². The van der Waals surface area contributed by atoms with E-state index in [0.29, 0.717) is 44.9 Å². The van der Waals surface area contributed by atoms with Gasteiger partial charge in [-0.05, 0) is 31.4 Å². The van der Waals surface area contributed by atoms with Crippen LogP contribution in [0, 0.1) is 6.92 Å². The summed E-state index contributed by atoms with van der Waals surface area (Å²) < 4.78 is 64.3. The van der Waals surface area contributed by atoms with Gasteiger partial charge >= 0.3 is 12.1 Å². The first-order chi connectivity index (χ1) is 15.9. The number of carbonyl (C=O) groups is 2. The molecule has 34 heavy (non-hydrogen) atoms. The van der Waals surface area contributed by atoms with Crippen molar-refractivity contribution < 1.29 is 41.0 Å². The Morgan fingerprint density at radius 1 is 1.24 bits per heavy atom. The number of carboxylic acid groups (broad SMARTS) is 1. The molecule has 3 rings (SSSR count). The lowest BCUT2D eigenvalue weighted by atomic mass is 10.1. The van der Waals surface area contributed by atoms with Crippen LogP contribution in [0.3, 0.4) is 0 Å². The van der Waals surface area contributed by atoms with Crippen molar-refractivity contribution in [1.82, 2.24) is 14.5 Å². The first kappa shape index (κ1) is 28.0. The van der Waals surface area contributed by atoms with Crippen LogP contribution in [0.15, 0.2) is 24.3 Å². The molecular weight excluding hydrogens is 479 g/mol. The van der Waals surface area contributed by atoms with Gasteiger partial charge in [0.25, 0.3) is 5.91 Å². The number of carbonyl (C=O) groups excluding carboxylic acids is 1. The number of benzene rings is 1. The Morgan fingerprint density at radius 2 is 1.85 bits per heavy atom. The molecule has 0 spiro atoms. The number of nitrogens with zero attached hydrogens (tertiary/aromatic N) is 2. The highest BCUT2D eigenvalue weighted by atomic mass is 32.2. The van der Waals surface area contributed by atoms with Gasteiger partial charge in [0.15, 0.2) is 0 Å². The summed E-state index contributed by atoms with van der Waals surface area (Å²) in [6.45, 7) is 5.52. The van der Waals surface area contributed by atoms with Gasteiger partial charge in [-0.15, -0.1) is 0 Å². The number of ether oxygens (including phenoxy) is 1. The van der Waals surface area contributed by atoms with Crippen LogP contribution < -0.4 is 5.32 Å². The quantitative estimate of drug-likeness (QED) is 0.572. The highest BCUT2D eigenvalue weighted by Gasteiger charge is 2.38. The lowest BCUT2D eigenvalue weighted by Crippen LogP contribution is -2.49. The third kappa shape index (κ3) is 8.53. The zero-order chi connectivity index (χ0) is 25.4. The first-order valence-electron chi connectivity index (χ1n) is 10.9. The van der Waals surface area contributed by atoms with E-state index in [1.165, 1.54) is 4.31 Å². The van der Waals surface area contributed by atoms with Crippen LogP contribution in [0.1, 0.15) is 28.8 Å². The molecule has 2 N–H and O–H groups in total. The maximum Gasteiger partial charge on any atom is 0.490 e. The number of rotatable bonds is 7. The molecule has 2 aliphatic heterocycles. The standard InChI is InChI=1S/C19H29N3O4S.C2HF3O2/c1-16-5-2-3-7-18(16)19(23)21(15-17-6-4-13-26-17)12-14-27(24,25)22-10-8-20-9-11-22;3-2(4,5)1(6)7/h2-3,5,7,17,20H,4,6,8-15H2,1H3;(H,6,7). The summed E-state index contributed by atoms with van der Waals surface area (Å²) in [5.41, 5.74) is 1.51. The molecule has 2 heterocycles. The predicted molar refractivity (Wildman–Crippen MR) is 118 cm³/mol. The third-order valence-corrected chi connectivity index (χ3v) is 7.29. The summed E-state index contributed by atoms with van der Waals surface area (Å²) in [5.74, 6) is -2.94. The smallest absolute Gasteiger partial charge is 0.475 e. The third-order valence-electron chi connectivity index (χ3n) is 5.44. The molecule has 9 nitrogen and oxygen atoms in total. The zero-order valence-corrected chi connectivity index (χ0v) is 19.7. The number of hydrogen-bond acceptors (Lipinski definition) is 6. The van der Waals surface area contributed by atoms with Crippen LogP contribution >= 0.6 is 0 Å². The summed E-state index contributed by atoms with van der Waals surface area (Å²) in [4.78, 5) is 23.6. The second-order valence-electron chi connectivity index (χ2n) is 7.97. The van der Waals surface area contributed by atoms with Crippen LogP contribution in [0.2, 0.25) is 0 Å². The normalized spacial score (nSPS) is 19.2. The second kappa shape index (κ2) is 12.5. The molecule has 2 aliphatic rings. The molecule has 1 unspecified atom stereocenters. The van der Waals surface area contributed by atoms with Crippen molar-refractivity contribution in [2.75, 3.05) is 51.6 Å². The molecule has 0 bridgehead atoms. The highest BCUT2D eigenvalue weighted by Crippen LogP contribution is 2.17. The van der Waals surface area contributed by atoms with Gasteiger partial charge in [-0.2, -0.15) is 17.5 Å². The fourth-order valence-corrected chi connectivity index (χ4v) is 5.02. The molecule has 2 saturated heterocycles. The summed E-state index contributed by atoms with van der Waals surface area (Å²) in [5, 5.41) is 10.3. The Bertz CT molecular complexity index is 930. The molecule has 0 aromatic heterocycles. The molecule has 192 valence electrons. The minimum atomic E-state index is -5.08. The molecule has 0 radical (unpaired) electrons. The average Bonchev–Trinajstić information content (AvgIpc) is 3.30. The maximum absolute atomic E-state index is 13.1. The largest absolute Gasteiger partial charge is 0.490 e. The molecule has 1 atom stereocenters. The molecule has 13 heteroatoms. The van der Waals surface area contributed by atoms with E-state index in [1.54, 1.807) is 11.0 Å². The fourth-order valence-electron chi connectivity index (χ4n) is 3.57. The number of piperazine rings is 1. The molecule has 1 aromatic carbocycles. The Kier molecular flexibility index (Phi) is 10.3. The predicted octanol–water partition coefficient (Wildman–Crippen LogP) is 1.48. The molecule has 2 fully saturated rings. The van der Waals surface area contributed by atoms with E-state index in [0.717, 1.165) is 18.4 Å².